The molecule has 154 valence electrons. The van der Waals surface area contributed by atoms with Crippen LogP contribution in [0.25, 0.3) is 6.08 Å². The van der Waals surface area contributed by atoms with E-state index in [0.29, 0.717) is 22.0 Å². The van der Waals surface area contributed by atoms with Crippen LogP contribution < -0.4 is 4.72 Å². The predicted octanol–water partition coefficient (Wildman–Crippen LogP) is 4.87. The van der Waals surface area contributed by atoms with Gasteiger partial charge in [0.2, 0.25) is 0 Å². The van der Waals surface area contributed by atoms with Crippen LogP contribution in [0.4, 0.5) is 0 Å². The molecule has 0 aromatic heterocycles. The van der Waals surface area contributed by atoms with Gasteiger partial charge in [-0.15, -0.1) is 0 Å². The number of allylic oxidation sites excluding steroid dienone is 1. The fourth-order valence-corrected chi connectivity index (χ4v) is 4.28. The Morgan fingerprint density at radius 3 is 2.48 bits per heavy atom. The Morgan fingerprint density at radius 1 is 1.24 bits per heavy atom. The maximum absolute atomic E-state index is 12.5. The van der Waals surface area contributed by atoms with Gasteiger partial charge in [0.1, 0.15) is 11.8 Å². The van der Waals surface area contributed by atoms with Crippen LogP contribution in [-0.2, 0) is 21.9 Å². The first kappa shape index (κ1) is 23.1. The van der Waals surface area contributed by atoms with Gasteiger partial charge in [0.15, 0.2) is 4.91 Å². The second-order valence-corrected chi connectivity index (χ2v) is 10.3. The second kappa shape index (κ2) is 9.57. The van der Waals surface area contributed by atoms with Gasteiger partial charge in [-0.1, -0.05) is 51.1 Å². The molecule has 0 atom stereocenters. The molecule has 2 rings (SSSR count). The first-order valence-electron chi connectivity index (χ1n) is 9.23. The number of hydrogen-bond donors (Lipinski definition) is 2. The molecule has 0 spiro atoms. The number of rotatable bonds is 7. The van der Waals surface area contributed by atoms with Gasteiger partial charge in [0.05, 0.1) is 4.47 Å². The fourth-order valence-electron chi connectivity index (χ4n) is 2.82. The standard InChI is InChI=1S/C22H25BrN2O3S/c1-22(2,3)19-13-17(14-20(23)21(19)26)12-18(15-24)29(27,28)25-11-7-10-16-8-5-4-6-9-16/h4-6,8-9,12-14,25-26H,7,10-11H2,1-3H3/b18-12+. The molecule has 0 bridgehead atoms. The smallest absolute Gasteiger partial charge is 0.250 e. The van der Waals surface area contributed by atoms with Crippen molar-refractivity contribution in [3.05, 3.63) is 68.5 Å². The summed E-state index contributed by atoms with van der Waals surface area (Å²) in [6, 6.07) is 14.9. The van der Waals surface area contributed by atoms with E-state index in [1.54, 1.807) is 18.2 Å². The quantitative estimate of drug-likeness (QED) is 0.440. The number of sulfonamides is 1. The Balaban J connectivity index is 2.18. The van der Waals surface area contributed by atoms with Crippen molar-refractivity contribution in [2.24, 2.45) is 0 Å². The van der Waals surface area contributed by atoms with Crippen LogP contribution in [0.3, 0.4) is 0 Å². The number of phenols is 1. The first-order chi connectivity index (χ1) is 13.5. The summed E-state index contributed by atoms with van der Waals surface area (Å²) in [6.07, 6.45) is 2.69. The predicted molar refractivity (Wildman–Crippen MR) is 120 cm³/mol. The minimum absolute atomic E-state index is 0.107. The first-order valence-corrected chi connectivity index (χ1v) is 11.5. The van der Waals surface area contributed by atoms with E-state index in [9.17, 15) is 18.8 Å². The van der Waals surface area contributed by atoms with Gasteiger partial charge in [0.25, 0.3) is 10.0 Å². The molecule has 29 heavy (non-hydrogen) atoms. The topological polar surface area (TPSA) is 90.2 Å². The molecule has 0 fully saturated rings. The zero-order valence-corrected chi connectivity index (χ0v) is 19.1. The van der Waals surface area contributed by atoms with Crippen LogP contribution in [0.2, 0.25) is 0 Å². The van der Waals surface area contributed by atoms with Crippen LogP contribution in [0, 0.1) is 11.3 Å². The lowest BCUT2D eigenvalue weighted by molar-refractivity contribution is 0.443. The van der Waals surface area contributed by atoms with Crippen LogP contribution in [0.1, 0.15) is 43.9 Å². The normalized spacial score (nSPS) is 12.6. The molecule has 2 N–H and O–H groups in total. The molecule has 0 saturated heterocycles. The molecule has 0 aliphatic heterocycles. The number of hydrogen-bond acceptors (Lipinski definition) is 4. The van der Waals surface area contributed by atoms with Crippen molar-refractivity contribution >= 4 is 32.0 Å². The van der Waals surface area contributed by atoms with Gasteiger partial charge >= 0.3 is 0 Å². The van der Waals surface area contributed by atoms with E-state index >= 15 is 0 Å². The highest BCUT2D eigenvalue weighted by atomic mass is 79.9. The summed E-state index contributed by atoms with van der Waals surface area (Å²) >= 11 is 3.30. The minimum Gasteiger partial charge on any atom is -0.506 e. The molecule has 2 aromatic rings. The minimum atomic E-state index is -3.92. The van der Waals surface area contributed by atoms with E-state index in [1.807, 2.05) is 51.1 Å². The van der Waals surface area contributed by atoms with Crippen LogP contribution in [0.5, 0.6) is 5.75 Å². The van der Waals surface area contributed by atoms with E-state index < -0.39 is 10.0 Å². The average Bonchev–Trinajstić information content (AvgIpc) is 2.65. The number of nitrogens with zero attached hydrogens (tertiary/aromatic N) is 1. The van der Waals surface area contributed by atoms with Gasteiger partial charge in [-0.2, -0.15) is 5.26 Å². The van der Waals surface area contributed by atoms with Gasteiger partial charge in [-0.3, -0.25) is 0 Å². The number of nitriles is 1. The maximum atomic E-state index is 12.5. The summed E-state index contributed by atoms with van der Waals surface area (Å²) in [4.78, 5) is -0.366. The average molecular weight is 477 g/mol. The Morgan fingerprint density at radius 2 is 1.90 bits per heavy atom. The molecule has 0 aliphatic carbocycles. The summed E-state index contributed by atoms with van der Waals surface area (Å²) in [5.74, 6) is 0.107. The van der Waals surface area contributed by atoms with Crippen molar-refractivity contribution in [1.29, 1.82) is 5.26 Å². The van der Waals surface area contributed by atoms with E-state index in [0.717, 1.165) is 12.0 Å². The number of phenolic OH excluding ortho intramolecular Hbond substituents is 1. The fraction of sp³-hybridized carbons (Fsp3) is 0.318. The Labute approximate surface area is 181 Å². The third-order valence-electron chi connectivity index (χ3n) is 4.37. The highest BCUT2D eigenvalue weighted by molar-refractivity contribution is 9.10. The molecule has 0 saturated carbocycles. The molecule has 0 amide bonds. The number of halogens is 1. The molecule has 0 heterocycles. The largest absolute Gasteiger partial charge is 0.506 e. The lowest BCUT2D eigenvalue weighted by Crippen LogP contribution is -2.26. The van der Waals surface area contributed by atoms with Gasteiger partial charge in [-0.25, -0.2) is 13.1 Å². The van der Waals surface area contributed by atoms with Crippen molar-refractivity contribution in [3.8, 4) is 11.8 Å². The van der Waals surface area contributed by atoms with E-state index in [1.165, 1.54) is 6.08 Å². The summed E-state index contributed by atoms with van der Waals surface area (Å²) in [6.45, 7) is 6.07. The number of nitrogens with one attached hydrogen (secondary N) is 1. The SMILES string of the molecule is CC(C)(C)c1cc(/C=C(\C#N)S(=O)(=O)NCCCc2ccccc2)cc(Br)c1O. The van der Waals surface area contributed by atoms with E-state index in [2.05, 4.69) is 20.7 Å². The summed E-state index contributed by atoms with van der Waals surface area (Å²) in [7, 11) is -3.92. The third-order valence-corrected chi connectivity index (χ3v) is 6.35. The molecule has 2 aromatic carbocycles. The zero-order valence-electron chi connectivity index (χ0n) is 16.7. The maximum Gasteiger partial charge on any atom is 0.250 e. The summed E-state index contributed by atoms with van der Waals surface area (Å²) in [5, 5.41) is 19.7. The zero-order chi connectivity index (χ0) is 21.7. The van der Waals surface area contributed by atoms with Gasteiger partial charge in [0, 0.05) is 12.1 Å². The monoisotopic (exact) mass is 476 g/mol. The highest BCUT2D eigenvalue weighted by Crippen LogP contribution is 2.37. The lowest BCUT2D eigenvalue weighted by Gasteiger charge is -2.21. The number of aromatic hydroxyl groups is 1. The Hall–Kier alpha value is -2.14. The highest BCUT2D eigenvalue weighted by Gasteiger charge is 2.22. The third kappa shape index (κ3) is 6.43. The molecule has 0 aliphatic rings. The van der Waals surface area contributed by atoms with Crippen molar-refractivity contribution in [2.75, 3.05) is 6.54 Å². The van der Waals surface area contributed by atoms with Crippen LogP contribution in [-0.4, -0.2) is 20.1 Å². The molecule has 5 nitrogen and oxygen atoms in total. The van der Waals surface area contributed by atoms with Crippen molar-refractivity contribution in [3.63, 3.8) is 0 Å². The van der Waals surface area contributed by atoms with Crippen LogP contribution >= 0.6 is 15.9 Å². The van der Waals surface area contributed by atoms with E-state index in [4.69, 9.17) is 0 Å². The molecular formula is C22H25BrN2O3S. The molecular weight excluding hydrogens is 452 g/mol. The van der Waals surface area contributed by atoms with Crippen molar-refractivity contribution in [1.82, 2.24) is 4.72 Å². The van der Waals surface area contributed by atoms with Crippen LogP contribution in [0.15, 0.2) is 51.8 Å². The number of benzene rings is 2. The molecule has 7 heteroatoms. The summed E-state index contributed by atoms with van der Waals surface area (Å²) < 4.78 is 28.0. The Kier molecular flexibility index (Phi) is 7.64. The second-order valence-electron chi connectivity index (χ2n) is 7.76. The molecule has 0 radical (unpaired) electrons. The van der Waals surface area contributed by atoms with Gasteiger partial charge in [-0.05, 0) is 63.5 Å². The van der Waals surface area contributed by atoms with Gasteiger partial charge < -0.3 is 5.11 Å². The summed E-state index contributed by atoms with van der Waals surface area (Å²) in [5.41, 5.74) is 1.96. The Bertz CT molecular complexity index is 1030. The number of aryl methyl sites for hydroxylation is 1. The van der Waals surface area contributed by atoms with Crippen molar-refractivity contribution < 1.29 is 13.5 Å². The van der Waals surface area contributed by atoms with E-state index in [-0.39, 0.29) is 22.6 Å². The lowest BCUT2D eigenvalue weighted by atomic mass is 9.85. The van der Waals surface area contributed by atoms with Crippen molar-refractivity contribution in [2.45, 2.75) is 39.0 Å². The molecule has 0 unspecified atom stereocenters.